The van der Waals surface area contributed by atoms with E-state index in [0.29, 0.717) is 0 Å². The normalized spacial score (nSPS) is 16.0. The number of hydrogen-bond donors (Lipinski definition) is 2. The van der Waals surface area contributed by atoms with Gasteiger partial charge in [0.25, 0.3) is 0 Å². The molecule has 0 aromatic heterocycles. The molecule has 21 heavy (non-hydrogen) atoms. The van der Waals surface area contributed by atoms with Crippen LogP contribution >= 0.6 is 0 Å². The van der Waals surface area contributed by atoms with Gasteiger partial charge in [-0.05, 0) is 48.4 Å². The molecule has 2 rings (SSSR count). The predicted octanol–water partition coefficient (Wildman–Crippen LogP) is 1.95. The van der Waals surface area contributed by atoms with E-state index in [4.69, 9.17) is 5.11 Å². The van der Waals surface area contributed by atoms with Gasteiger partial charge >= 0.3 is 5.97 Å². The maximum absolute atomic E-state index is 12.4. The molecule has 0 saturated heterocycles. The summed E-state index contributed by atoms with van der Waals surface area (Å²) in [7, 11) is -3.69. The molecule has 116 valence electrons. The van der Waals surface area contributed by atoms with E-state index in [9.17, 15) is 13.2 Å². The highest BCUT2D eigenvalue weighted by Crippen LogP contribution is 2.25. The van der Waals surface area contributed by atoms with Gasteiger partial charge in [0.05, 0.1) is 11.3 Å². The van der Waals surface area contributed by atoms with Crippen molar-refractivity contribution in [3.63, 3.8) is 0 Å². The summed E-state index contributed by atoms with van der Waals surface area (Å²) in [6, 6.07) is 4.56. The molecule has 1 aromatic rings. The first-order valence-corrected chi connectivity index (χ1v) is 8.64. The standard InChI is InChI=1S/C15H21NO4S/c1-10(2)14(9-15(17)18)16-21(19,20)13-7-6-11-4-3-5-12(11)8-13/h6-8,10,14,16H,3-5,9H2,1-2H3,(H,17,18). The van der Waals surface area contributed by atoms with Gasteiger partial charge in [-0.15, -0.1) is 0 Å². The zero-order valence-electron chi connectivity index (χ0n) is 12.3. The number of rotatable bonds is 6. The van der Waals surface area contributed by atoms with Crippen LogP contribution in [0.5, 0.6) is 0 Å². The molecule has 5 nitrogen and oxygen atoms in total. The van der Waals surface area contributed by atoms with Crippen molar-refractivity contribution in [1.82, 2.24) is 4.72 Å². The van der Waals surface area contributed by atoms with Gasteiger partial charge in [0.2, 0.25) is 10.0 Å². The Bertz CT molecular complexity index is 637. The second-order valence-corrected chi connectivity index (χ2v) is 7.57. The molecule has 1 unspecified atom stereocenters. The Labute approximate surface area is 125 Å². The van der Waals surface area contributed by atoms with Crippen LogP contribution in [-0.4, -0.2) is 25.5 Å². The zero-order chi connectivity index (χ0) is 15.6. The van der Waals surface area contributed by atoms with E-state index in [1.165, 1.54) is 5.56 Å². The molecule has 1 atom stereocenters. The molecule has 0 fully saturated rings. The van der Waals surface area contributed by atoms with Crippen molar-refractivity contribution in [3.05, 3.63) is 29.3 Å². The van der Waals surface area contributed by atoms with Gasteiger partial charge < -0.3 is 5.11 Å². The third-order valence-corrected chi connectivity index (χ3v) is 5.37. The van der Waals surface area contributed by atoms with Crippen LogP contribution in [0.2, 0.25) is 0 Å². The molecule has 0 bridgehead atoms. The predicted molar refractivity (Wildman–Crippen MR) is 79.7 cm³/mol. The Kier molecular flexibility index (Phi) is 4.68. The van der Waals surface area contributed by atoms with Crippen LogP contribution in [0.4, 0.5) is 0 Å². The molecule has 1 aromatic carbocycles. The van der Waals surface area contributed by atoms with Crippen LogP contribution in [0, 0.1) is 5.92 Å². The summed E-state index contributed by atoms with van der Waals surface area (Å²) in [4.78, 5) is 11.1. The van der Waals surface area contributed by atoms with Crippen molar-refractivity contribution in [2.24, 2.45) is 5.92 Å². The number of carboxylic acid groups (broad SMARTS) is 1. The molecule has 1 aliphatic rings. The van der Waals surface area contributed by atoms with Crippen molar-refractivity contribution in [3.8, 4) is 0 Å². The highest BCUT2D eigenvalue weighted by atomic mass is 32.2. The molecular weight excluding hydrogens is 290 g/mol. The van der Waals surface area contributed by atoms with Crippen molar-refractivity contribution in [2.45, 2.75) is 50.5 Å². The number of aliphatic carboxylic acids is 1. The third kappa shape index (κ3) is 3.83. The lowest BCUT2D eigenvalue weighted by molar-refractivity contribution is -0.137. The maximum Gasteiger partial charge on any atom is 0.304 e. The van der Waals surface area contributed by atoms with E-state index >= 15 is 0 Å². The van der Waals surface area contributed by atoms with Crippen LogP contribution in [0.1, 0.15) is 37.8 Å². The van der Waals surface area contributed by atoms with Crippen molar-refractivity contribution < 1.29 is 18.3 Å². The van der Waals surface area contributed by atoms with E-state index in [1.807, 2.05) is 6.07 Å². The molecule has 0 amide bonds. The fraction of sp³-hybridized carbons (Fsp3) is 0.533. The Morgan fingerprint density at radius 2 is 1.95 bits per heavy atom. The van der Waals surface area contributed by atoms with Gasteiger partial charge in [-0.2, -0.15) is 0 Å². The van der Waals surface area contributed by atoms with Crippen LogP contribution in [0.3, 0.4) is 0 Å². The fourth-order valence-corrected chi connectivity index (χ4v) is 4.02. The third-order valence-electron chi connectivity index (χ3n) is 3.89. The first kappa shape index (κ1) is 16.0. The van der Waals surface area contributed by atoms with Crippen molar-refractivity contribution >= 4 is 16.0 Å². The number of carbonyl (C=O) groups is 1. The highest BCUT2D eigenvalue weighted by Gasteiger charge is 2.25. The van der Waals surface area contributed by atoms with E-state index < -0.39 is 22.0 Å². The second-order valence-electron chi connectivity index (χ2n) is 5.85. The summed E-state index contributed by atoms with van der Waals surface area (Å²) in [5, 5.41) is 8.89. The Morgan fingerprint density at radius 3 is 2.57 bits per heavy atom. The number of aryl methyl sites for hydroxylation is 2. The molecular formula is C15H21NO4S. The Hall–Kier alpha value is -1.40. The van der Waals surface area contributed by atoms with Crippen LogP contribution in [0.25, 0.3) is 0 Å². The summed E-state index contributed by atoms with van der Waals surface area (Å²) < 4.78 is 27.4. The maximum atomic E-state index is 12.4. The van der Waals surface area contributed by atoms with Gasteiger partial charge in [-0.25, -0.2) is 13.1 Å². The number of nitrogens with one attached hydrogen (secondary N) is 1. The van der Waals surface area contributed by atoms with Crippen LogP contribution in [-0.2, 0) is 27.7 Å². The van der Waals surface area contributed by atoms with Crippen LogP contribution in [0.15, 0.2) is 23.1 Å². The fourth-order valence-electron chi connectivity index (χ4n) is 2.58. The van der Waals surface area contributed by atoms with E-state index in [-0.39, 0.29) is 17.2 Å². The number of fused-ring (bicyclic) bond motifs is 1. The van der Waals surface area contributed by atoms with E-state index in [1.54, 1.807) is 26.0 Å². The first-order chi connectivity index (χ1) is 9.79. The van der Waals surface area contributed by atoms with Crippen molar-refractivity contribution in [2.75, 3.05) is 0 Å². The largest absolute Gasteiger partial charge is 0.481 e. The number of carboxylic acids is 1. The summed E-state index contributed by atoms with van der Waals surface area (Å²) >= 11 is 0. The average Bonchev–Trinajstić information content (AvgIpc) is 2.84. The second kappa shape index (κ2) is 6.15. The molecule has 0 spiro atoms. The molecule has 0 radical (unpaired) electrons. The number of sulfonamides is 1. The van der Waals surface area contributed by atoms with Crippen molar-refractivity contribution in [1.29, 1.82) is 0 Å². The smallest absolute Gasteiger partial charge is 0.304 e. The minimum atomic E-state index is -3.69. The lowest BCUT2D eigenvalue weighted by Crippen LogP contribution is -2.40. The Morgan fingerprint density at radius 1 is 1.29 bits per heavy atom. The summed E-state index contributed by atoms with van der Waals surface area (Å²) in [5.41, 5.74) is 2.29. The SMILES string of the molecule is CC(C)C(CC(=O)O)NS(=O)(=O)c1ccc2c(c1)CCC2. The number of hydrogen-bond acceptors (Lipinski definition) is 3. The van der Waals surface area contributed by atoms with E-state index in [2.05, 4.69) is 4.72 Å². The topological polar surface area (TPSA) is 83.5 Å². The lowest BCUT2D eigenvalue weighted by Gasteiger charge is -2.20. The first-order valence-electron chi connectivity index (χ1n) is 7.15. The summed E-state index contributed by atoms with van der Waals surface area (Å²) in [6.07, 6.45) is 2.74. The van der Waals surface area contributed by atoms with Crippen LogP contribution < -0.4 is 4.72 Å². The minimum absolute atomic E-state index is 0.0923. The van der Waals surface area contributed by atoms with Gasteiger partial charge in [0.15, 0.2) is 0 Å². The number of benzene rings is 1. The van der Waals surface area contributed by atoms with E-state index in [0.717, 1.165) is 24.8 Å². The zero-order valence-corrected chi connectivity index (χ0v) is 13.1. The minimum Gasteiger partial charge on any atom is -0.481 e. The average molecular weight is 311 g/mol. The lowest BCUT2D eigenvalue weighted by atomic mass is 10.0. The molecule has 0 heterocycles. The summed E-state index contributed by atoms with van der Waals surface area (Å²) in [5.74, 6) is -1.10. The molecule has 0 saturated carbocycles. The van der Waals surface area contributed by atoms with Gasteiger partial charge in [0, 0.05) is 6.04 Å². The monoisotopic (exact) mass is 311 g/mol. The summed E-state index contributed by atoms with van der Waals surface area (Å²) in [6.45, 7) is 3.61. The quantitative estimate of drug-likeness (QED) is 0.841. The molecule has 2 N–H and O–H groups in total. The highest BCUT2D eigenvalue weighted by molar-refractivity contribution is 7.89. The Balaban J connectivity index is 2.22. The van der Waals surface area contributed by atoms with Gasteiger partial charge in [0.1, 0.15) is 0 Å². The molecule has 1 aliphatic carbocycles. The van der Waals surface area contributed by atoms with Gasteiger partial charge in [-0.1, -0.05) is 19.9 Å². The molecule has 0 aliphatic heterocycles. The van der Waals surface area contributed by atoms with Gasteiger partial charge in [-0.3, -0.25) is 4.79 Å². The molecule has 6 heteroatoms.